The van der Waals surface area contributed by atoms with E-state index in [1.807, 2.05) is 52.2 Å². The number of nitrogens with zero attached hydrogens (tertiary/aromatic N) is 3. The Morgan fingerprint density at radius 3 is 1.86 bits per heavy atom. The van der Waals surface area contributed by atoms with E-state index in [-0.39, 0.29) is 17.8 Å². The van der Waals surface area contributed by atoms with Crippen molar-refractivity contribution in [2.45, 2.75) is 13.8 Å². The predicted octanol–water partition coefficient (Wildman–Crippen LogP) is 3.66. The van der Waals surface area contributed by atoms with E-state index >= 15 is 0 Å². The molecule has 2 N–H and O–H groups in total. The van der Waals surface area contributed by atoms with E-state index in [1.54, 1.807) is 35.2 Å². The van der Waals surface area contributed by atoms with Crippen LogP contribution < -0.4 is 15.5 Å². The van der Waals surface area contributed by atoms with Gasteiger partial charge in [-0.15, -0.1) is 0 Å². The van der Waals surface area contributed by atoms with Gasteiger partial charge in [0.15, 0.2) is 0 Å². The van der Waals surface area contributed by atoms with E-state index in [0.717, 1.165) is 11.1 Å². The molecule has 0 atom stereocenters. The van der Waals surface area contributed by atoms with Crippen LogP contribution in [0.5, 0.6) is 0 Å². The standard InChI is InChI=1S/C22H23N5O2/c1-14-7-5-9-16(11-14)20(28)23-18-13-19(27(3)4)25-22(24-18)26-21(29)17-10-6-8-15(2)12-17/h5-13H,1-4H3,(H2,23,24,25,26,28,29). The first-order valence-electron chi connectivity index (χ1n) is 9.14. The molecule has 0 saturated carbocycles. The Kier molecular flexibility index (Phi) is 5.87. The molecule has 7 heteroatoms. The third-order valence-electron chi connectivity index (χ3n) is 4.20. The molecule has 0 unspecified atom stereocenters. The molecule has 0 aliphatic carbocycles. The minimum atomic E-state index is -0.319. The molecule has 1 aromatic heterocycles. The first-order chi connectivity index (χ1) is 13.8. The molecule has 2 amide bonds. The van der Waals surface area contributed by atoms with Crippen LogP contribution in [0.2, 0.25) is 0 Å². The summed E-state index contributed by atoms with van der Waals surface area (Å²) in [7, 11) is 3.64. The fraction of sp³-hybridized carbons (Fsp3) is 0.182. The van der Waals surface area contributed by atoms with Gasteiger partial charge in [0.2, 0.25) is 5.95 Å². The Morgan fingerprint density at radius 1 is 0.793 bits per heavy atom. The second kappa shape index (κ2) is 8.52. The maximum Gasteiger partial charge on any atom is 0.258 e. The summed E-state index contributed by atoms with van der Waals surface area (Å²) in [4.78, 5) is 35.5. The molecule has 0 aliphatic rings. The minimum Gasteiger partial charge on any atom is -0.363 e. The molecule has 0 saturated heterocycles. The molecule has 0 radical (unpaired) electrons. The van der Waals surface area contributed by atoms with Gasteiger partial charge < -0.3 is 10.2 Å². The molecule has 148 valence electrons. The van der Waals surface area contributed by atoms with E-state index in [4.69, 9.17) is 0 Å². The summed E-state index contributed by atoms with van der Waals surface area (Å²) in [6.07, 6.45) is 0. The highest BCUT2D eigenvalue weighted by atomic mass is 16.2. The number of anilines is 3. The zero-order valence-corrected chi connectivity index (χ0v) is 16.9. The van der Waals surface area contributed by atoms with Crippen molar-refractivity contribution in [3.8, 4) is 0 Å². The van der Waals surface area contributed by atoms with Crippen LogP contribution in [0.15, 0.2) is 54.6 Å². The molecule has 0 spiro atoms. The van der Waals surface area contributed by atoms with Gasteiger partial charge in [-0.3, -0.25) is 14.9 Å². The average molecular weight is 389 g/mol. The van der Waals surface area contributed by atoms with Crippen molar-refractivity contribution in [2.24, 2.45) is 0 Å². The topological polar surface area (TPSA) is 87.2 Å². The summed E-state index contributed by atoms with van der Waals surface area (Å²) >= 11 is 0. The number of aryl methyl sites for hydroxylation is 2. The monoisotopic (exact) mass is 389 g/mol. The summed E-state index contributed by atoms with van der Waals surface area (Å²) < 4.78 is 0. The van der Waals surface area contributed by atoms with Crippen molar-refractivity contribution in [2.75, 3.05) is 29.6 Å². The van der Waals surface area contributed by atoms with E-state index in [1.165, 1.54) is 0 Å². The van der Waals surface area contributed by atoms with Crippen molar-refractivity contribution in [1.82, 2.24) is 9.97 Å². The lowest BCUT2D eigenvalue weighted by Crippen LogP contribution is -2.19. The normalized spacial score (nSPS) is 10.3. The van der Waals surface area contributed by atoms with Crippen LogP contribution in [0.1, 0.15) is 31.8 Å². The van der Waals surface area contributed by atoms with E-state index in [9.17, 15) is 9.59 Å². The Labute approximate surface area is 169 Å². The van der Waals surface area contributed by atoms with Crippen LogP contribution in [0.25, 0.3) is 0 Å². The van der Waals surface area contributed by atoms with Gasteiger partial charge >= 0.3 is 0 Å². The number of aromatic nitrogens is 2. The second-order valence-electron chi connectivity index (χ2n) is 6.98. The summed E-state index contributed by atoms with van der Waals surface area (Å²) in [6, 6.07) is 16.2. The molecule has 0 aliphatic heterocycles. The maximum atomic E-state index is 12.6. The Balaban J connectivity index is 1.86. The maximum absolute atomic E-state index is 12.6. The quantitative estimate of drug-likeness (QED) is 0.695. The first-order valence-corrected chi connectivity index (χ1v) is 9.14. The summed E-state index contributed by atoms with van der Waals surface area (Å²) in [5.74, 6) is 0.365. The summed E-state index contributed by atoms with van der Waals surface area (Å²) in [5.41, 5.74) is 3.00. The molecule has 1 heterocycles. The minimum absolute atomic E-state index is 0.113. The van der Waals surface area contributed by atoms with Gasteiger partial charge in [-0.1, -0.05) is 35.4 Å². The smallest absolute Gasteiger partial charge is 0.258 e. The van der Waals surface area contributed by atoms with Gasteiger partial charge in [0, 0.05) is 31.3 Å². The molecule has 3 rings (SSSR count). The highest BCUT2D eigenvalue weighted by Crippen LogP contribution is 2.18. The van der Waals surface area contributed by atoms with Crippen LogP contribution in [0.3, 0.4) is 0 Å². The zero-order chi connectivity index (χ0) is 21.0. The number of benzene rings is 2. The van der Waals surface area contributed by atoms with Crippen LogP contribution in [0.4, 0.5) is 17.6 Å². The van der Waals surface area contributed by atoms with Crippen molar-refractivity contribution < 1.29 is 9.59 Å². The van der Waals surface area contributed by atoms with Gasteiger partial charge in [0.25, 0.3) is 11.8 Å². The van der Waals surface area contributed by atoms with Crippen molar-refractivity contribution in [1.29, 1.82) is 0 Å². The van der Waals surface area contributed by atoms with Gasteiger partial charge in [-0.2, -0.15) is 9.97 Å². The molecular weight excluding hydrogens is 366 g/mol. The third kappa shape index (κ3) is 5.16. The van der Waals surface area contributed by atoms with Crippen LogP contribution in [0, 0.1) is 13.8 Å². The number of amides is 2. The van der Waals surface area contributed by atoms with Crippen LogP contribution >= 0.6 is 0 Å². The highest BCUT2D eigenvalue weighted by molar-refractivity contribution is 6.05. The van der Waals surface area contributed by atoms with Crippen molar-refractivity contribution in [3.05, 3.63) is 76.9 Å². The summed E-state index contributed by atoms with van der Waals surface area (Å²) in [5, 5.41) is 5.48. The van der Waals surface area contributed by atoms with Gasteiger partial charge in [-0.05, 0) is 38.1 Å². The van der Waals surface area contributed by atoms with E-state index in [0.29, 0.717) is 22.8 Å². The number of nitrogens with one attached hydrogen (secondary N) is 2. The Bertz CT molecular complexity index is 985. The molecule has 3 aromatic rings. The fourth-order valence-corrected chi connectivity index (χ4v) is 2.72. The number of rotatable bonds is 5. The van der Waals surface area contributed by atoms with Gasteiger partial charge in [0.05, 0.1) is 0 Å². The Hall–Kier alpha value is -3.74. The first kappa shape index (κ1) is 20.0. The molecule has 2 aromatic carbocycles. The molecular formula is C22H23N5O2. The molecule has 7 nitrogen and oxygen atoms in total. The number of carbonyl (C=O) groups excluding carboxylic acids is 2. The molecule has 0 bridgehead atoms. The van der Waals surface area contributed by atoms with Crippen molar-refractivity contribution in [3.63, 3.8) is 0 Å². The second-order valence-corrected chi connectivity index (χ2v) is 6.98. The lowest BCUT2D eigenvalue weighted by Gasteiger charge is -2.15. The number of carbonyl (C=O) groups is 2. The van der Waals surface area contributed by atoms with Crippen LogP contribution in [-0.2, 0) is 0 Å². The van der Waals surface area contributed by atoms with Gasteiger partial charge in [-0.25, -0.2) is 0 Å². The van der Waals surface area contributed by atoms with Crippen molar-refractivity contribution >= 4 is 29.4 Å². The zero-order valence-electron chi connectivity index (χ0n) is 16.9. The summed E-state index contributed by atoms with van der Waals surface area (Å²) in [6.45, 7) is 3.84. The Morgan fingerprint density at radius 2 is 1.34 bits per heavy atom. The molecule has 0 fully saturated rings. The lowest BCUT2D eigenvalue weighted by atomic mass is 10.1. The SMILES string of the molecule is Cc1cccc(C(=O)Nc2cc(N(C)C)nc(NC(=O)c3cccc(C)c3)n2)c1. The van der Waals surface area contributed by atoms with E-state index in [2.05, 4.69) is 20.6 Å². The number of hydrogen-bond acceptors (Lipinski definition) is 5. The van der Waals surface area contributed by atoms with Gasteiger partial charge in [0.1, 0.15) is 11.6 Å². The average Bonchev–Trinajstić information content (AvgIpc) is 2.67. The van der Waals surface area contributed by atoms with E-state index < -0.39 is 0 Å². The largest absolute Gasteiger partial charge is 0.363 e. The predicted molar refractivity (Wildman–Crippen MR) is 115 cm³/mol. The number of hydrogen-bond donors (Lipinski definition) is 2. The lowest BCUT2D eigenvalue weighted by molar-refractivity contribution is 0.101. The highest BCUT2D eigenvalue weighted by Gasteiger charge is 2.14. The fourth-order valence-electron chi connectivity index (χ4n) is 2.72. The van der Waals surface area contributed by atoms with Crippen LogP contribution in [-0.4, -0.2) is 35.9 Å². The molecule has 29 heavy (non-hydrogen) atoms. The third-order valence-corrected chi connectivity index (χ3v) is 4.20.